The minimum atomic E-state index is -0.131. The average Bonchev–Trinajstić information content (AvgIpc) is 3.00. The van der Waals surface area contributed by atoms with Crippen molar-refractivity contribution in [2.24, 2.45) is 0 Å². The molecule has 0 unspecified atom stereocenters. The van der Waals surface area contributed by atoms with Gasteiger partial charge in [0.25, 0.3) is 0 Å². The van der Waals surface area contributed by atoms with E-state index < -0.39 is 0 Å². The van der Waals surface area contributed by atoms with Crippen molar-refractivity contribution >= 4 is 0 Å². The van der Waals surface area contributed by atoms with Crippen LogP contribution >= 0.6 is 0 Å². The molecule has 0 aromatic heterocycles. The molecule has 4 aromatic rings. The van der Waals surface area contributed by atoms with Gasteiger partial charge in [-0.1, -0.05) is 145 Å². The molecule has 0 aliphatic rings. The van der Waals surface area contributed by atoms with Crippen LogP contribution in [-0.4, -0.2) is 20.4 Å². The van der Waals surface area contributed by atoms with Crippen LogP contribution in [0.4, 0.5) is 0 Å². The third-order valence-electron chi connectivity index (χ3n) is 10.1. The summed E-state index contributed by atoms with van der Waals surface area (Å²) in [5.74, 6) is 1.51. The second-order valence-electron chi connectivity index (χ2n) is 19.0. The molecule has 0 bridgehead atoms. The third kappa shape index (κ3) is 10.1. The first-order valence-electron chi connectivity index (χ1n) is 19.0. The van der Waals surface area contributed by atoms with E-state index in [0.29, 0.717) is 29.4 Å². The second-order valence-corrected chi connectivity index (χ2v) is 19.0. The summed E-state index contributed by atoms with van der Waals surface area (Å²) < 4.78 is 0. The Balaban J connectivity index is 0.000000281. The van der Waals surface area contributed by atoms with Gasteiger partial charge in [-0.25, -0.2) is 0 Å². The predicted molar refractivity (Wildman–Crippen MR) is 221 cm³/mol. The summed E-state index contributed by atoms with van der Waals surface area (Å²) in [7, 11) is 0. The van der Waals surface area contributed by atoms with E-state index in [9.17, 15) is 20.4 Å². The van der Waals surface area contributed by atoms with Crippen molar-refractivity contribution in [3.63, 3.8) is 0 Å². The summed E-state index contributed by atoms with van der Waals surface area (Å²) in [5.41, 5.74) is 11.8. The number of aryl methyl sites for hydroxylation is 4. The lowest BCUT2D eigenvalue weighted by atomic mass is 9.81. The maximum Gasteiger partial charge on any atom is 0.122 e. The average molecular weight is 709 g/mol. The number of aromatic hydroxyl groups is 4. The fraction of sp³-hybridized carbons (Fsp3) is 0.500. The number of phenols is 4. The Bertz CT molecular complexity index is 1750. The van der Waals surface area contributed by atoms with Gasteiger partial charge in [-0.15, -0.1) is 0 Å². The van der Waals surface area contributed by atoms with Crippen molar-refractivity contribution in [1.29, 1.82) is 0 Å². The predicted octanol–water partition coefficient (Wildman–Crippen LogP) is 12.3. The van der Waals surface area contributed by atoms with Crippen LogP contribution < -0.4 is 0 Å². The number of rotatable bonds is 6. The van der Waals surface area contributed by atoms with E-state index in [1.54, 1.807) is 0 Å². The second kappa shape index (κ2) is 15.6. The van der Waals surface area contributed by atoms with Gasteiger partial charge in [0, 0.05) is 6.42 Å². The van der Waals surface area contributed by atoms with Gasteiger partial charge < -0.3 is 20.4 Å². The first-order chi connectivity index (χ1) is 23.7. The zero-order chi connectivity index (χ0) is 39.7. The molecule has 0 heterocycles. The molecule has 4 heteroatoms. The highest BCUT2D eigenvalue weighted by atomic mass is 16.3. The fourth-order valence-electron chi connectivity index (χ4n) is 6.84. The SMILES string of the molecule is CCc1cc(Cc2cc(CC)cc(C(C)(C)C)c2O)c(O)c(C(C)(C)C)c1.Cc1cc(Cc2cc(C)c(O)c(C(C)(C)C)c2)cc(C(C)(C)C)c1O. The Labute approximate surface area is 316 Å². The summed E-state index contributed by atoms with van der Waals surface area (Å²) in [4.78, 5) is 0. The van der Waals surface area contributed by atoms with Crippen LogP contribution in [0, 0.1) is 13.8 Å². The molecule has 0 spiro atoms. The van der Waals surface area contributed by atoms with Gasteiger partial charge in [0.15, 0.2) is 0 Å². The summed E-state index contributed by atoms with van der Waals surface area (Å²) in [6, 6.07) is 16.7. The van der Waals surface area contributed by atoms with Gasteiger partial charge >= 0.3 is 0 Å². The van der Waals surface area contributed by atoms with E-state index in [2.05, 4.69) is 145 Å². The Morgan fingerprint density at radius 1 is 0.365 bits per heavy atom. The molecule has 4 N–H and O–H groups in total. The molecule has 4 rings (SSSR count). The number of benzene rings is 4. The molecular weight excluding hydrogens is 641 g/mol. The van der Waals surface area contributed by atoms with Gasteiger partial charge in [0.2, 0.25) is 0 Å². The summed E-state index contributed by atoms with van der Waals surface area (Å²) in [6.07, 6.45) is 3.16. The standard InChI is InChI=1S/C25H36O2.C23H32O2/c1-9-16-11-18(22(26)20(13-16)24(3,4)5)15-19-12-17(10-2)14-21(23(19)27)25(6,7)8;1-14-9-16(12-18(20(14)24)22(3,4)5)11-17-10-15(2)21(25)19(13-17)23(6,7)8/h11-14,26-27H,9-10,15H2,1-8H3;9-10,12-13,24-25H,11H2,1-8H3. The quantitative estimate of drug-likeness (QED) is 0.161. The highest BCUT2D eigenvalue weighted by Gasteiger charge is 2.25. The Morgan fingerprint density at radius 2 is 0.635 bits per heavy atom. The van der Waals surface area contributed by atoms with Crippen molar-refractivity contribution in [2.75, 3.05) is 0 Å². The van der Waals surface area contributed by atoms with E-state index in [-0.39, 0.29) is 21.7 Å². The largest absolute Gasteiger partial charge is 0.507 e. The van der Waals surface area contributed by atoms with Gasteiger partial charge in [-0.05, 0) is 122 Å². The van der Waals surface area contributed by atoms with Crippen LogP contribution in [0.2, 0.25) is 0 Å². The lowest BCUT2D eigenvalue weighted by Gasteiger charge is -2.25. The molecule has 4 nitrogen and oxygen atoms in total. The molecule has 0 saturated carbocycles. The molecule has 4 aromatic carbocycles. The molecule has 0 fully saturated rings. The smallest absolute Gasteiger partial charge is 0.122 e. The number of hydrogen-bond acceptors (Lipinski definition) is 4. The Kier molecular flexibility index (Phi) is 12.7. The topological polar surface area (TPSA) is 80.9 Å². The highest BCUT2D eigenvalue weighted by molar-refractivity contribution is 5.54. The van der Waals surface area contributed by atoms with Crippen LogP contribution in [0.5, 0.6) is 23.0 Å². The number of hydrogen-bond donors (Lipinski definition) is 4. The van der Waals surface area contributed by atoms with Crippen LogP contribution in [0.25, 0.3) is 0 Å². The monoisotopic (exact) mass is 709 g/mol. The van der Waals surface area contributed by atoms with Crippen molar-refractivity contribution in [3.05, 3.63) is 115 Å². The van der Waals surface area contributed by atoms with Crippen LogP contribution in [0.1, 0.15) is 164 Å². The molecule has 0 aliphatic heterocycles. The molecule has 0 saturated heterocycles. The van der Waals surface area contributed by atoms with Gasteiger partial charge in [-0.3, -0.25) is 0 Å². The van der Waals surface area contributed by atoms with Crippen LogP contribution in [0.3, 0.4) is 0 Å². The minimum absolute atomic E-state index is 0.105. The summed E-state index contributed by atoms with van der Waals surface area (Å²) in [6.45, 7) is 33.6. The number of phenolic OH excluding ortho intramolecular Hbond substituents is 4. The van der Waals surface area contributed by atoms with Crippen LogP contribution in [0.15, 0.2) is 48.5 Å². The maximum absolute atomic E-state index is 11.0. The first kappa shape index (κ1) is 42.5. The fourth-order valence-corrected chi connectivity index (χ4v) is 6.84. The van der Waals surface area contributed by atoms with Gasteiger partial charge in [-0.2, -0.15) is 0 Å². The minimum Gasteiger partial charge on any atom is -0.507 e. The summed E-state index contributed by atoms with van der Waals surface area (Å²) in [5, 5.41) is 42.8. The molecular formula is C48H68O4. The molecule has 284 valence electrons. The molecule has 0 atom stereocenters. The van der Waals surface area contributed by atoms with E-state index >= 15 is 0 Å². The van der Waals surface area contributed by atoms with Crippen molar-refractivity contribution < 1.29 is 20.4 Å². The zero-order valence-electron chi connectivity index (χ0n) is 35.2. The molecule has 0 radical (unpaired) electrons. The lowest BCUT2D eigenvalue weighted by molar-refractivity contribution is 0.435. The third-order valence-corrected chi connectivity index (χ3v) is 10.1. The molecule has 0 aliphatic carbocycles. The van der Waals surface area contributed by atoms with E-state index in [4.69, 9.17) is 0 Å². The van der Waals surface area contributed by atoms with E-state index in [1.165, 1.54) is 22.3 Å². The summed E-state index contributed by atoms with van der Waals surface area (Å²) >= 11 is 0. The lowest BCUT2D eigenvalue weighted by Crippen LogP contribution is -2.14. The first-order valence-corrected chi connectivity index (χ1v) is 19.0. The van der Waals surface area contributed by atoms with Crippen molar-refractivity contribution in [2.45, 2.75) is 158 Å². The van der Waals surface area contributed by atoms with Crippen molar-refractivity contribution in [1.82, 2.24) is 0 Å². The van der Waals surface area contributed by atoms with E-state index in [0.717, 1.165) is 63.8 Å². The van der Waals surface area contributed by atoms with Gasteiger partial charge in [0.05, 0.1) is 0 Å². The zero-order valence-corrected chi connectivity index (χ0v) is 35.2. The normalized spacial score (nSPS) is 12.5. The van der Waals surface area contributed by atoms with E-state index in [1.807, 2.05) is 13.8 Å². The van der Waals surface area contributed by atoms with Crippen molar-refractivity contribution in [3.8, 4) is 23.0 Å². The maximum atomic E-state index is 11.0. The van der Waals surface area contributed by atoms with Gasteiger partial charge in [0.1, 0.15) is 23.0 Å². The molecule has 52 heavy (non-hydrogen) atoms. The Hall–Kier alpha value is -3.92. The molecule has 0 amide bonds. The van der Waals surface area contributed by atoms with Crippen LogP contribution in [-0.2, 0) is 47.3 Å². The Morgan fingerprint density at radius 3 is 0.904 bits per heavy atom. The highest BCUT2D eigenvalue weighted by Crippen LogP contribution is 2.40.